The molecule has 1 aromatic rings. The molecule has 150 valence electrons. The van der Waals surface area contributed by atoms with E-state index in [0.29, 0.717) is 12.8 Å². The summed E-state index contributed by atoms with van der Waals surface area (Å²) < 4.78 is 31.5. The van der Waals surface area contributed by atoms with E-state index in [1.54, 1.807) is 30.3 Å². The van der Waals surface area contributed by atoms with Crippen LogP contribution in [0.2, 0.25) is 0 Å². The zero-order valence-electron chi connectivity index (χ0n) is 16.1. The standard InChI is InChI=1S/C19H28N2O5S/c1-4-14(2)17(19(23)26-3)20-18(22)15-10-12-21(13-11-15)27(24,25)16-8-6-5-7-9-16/h5-9,14-15,17H,4,10-13H2,1-3H3,(H,20,22)/t14-,17+/m0/s1. The van der Waals surface area contributed by atoms with Crippen LogP contribution in [-0.4, -0.2) is 50.8 Å². The van der Waals surface area contributed by atoms with Crippen molar-refractivity contribution >= 4 is 21.9 Å². The Morgan fingerprint density at radius 2 is 1.81 bits per heavy atom. The first-order valence-corrected chi connectivity index (χ1v) is 10.7. The molecule has 1 saturated heterocycles. The molecule has 27 heavy (non-hydrogen) atoms. The van der Waals surface area contributed by atoms with E-state index < -0.39 is 22.0 Å². The van der Waals surface area contributed by atoms with Crippen molar-refractivity contribution in [3.05, 3.63) is 30.3 Å². The fraction of sp³-hybridized carbons (Fsp3) is 0.579. The maximum Gasteiger partial charge on any atom is 0.328 e. The van der Waals surface area contributed by atoms with E-state index in [-0.39, 0.29) is 35.7 Å². The predicted molar refractivity (Wildman–Crippen MR) is 101 cm³/mol. The van der Waals surface area contributed by atoms with Gasteiger partial charge in [-0.15, -0.1) is 0 Å². The van der Waals surface area contributed by atoms with E-state index in [2.05, 4.69) is 5.32 Å². The van der Waals surface area contributed by atoms with Crippen LogP contribution in [0.1, 0.15) is 33.1 Å². The second-order valence-electron chi connectivity index (χ2n) is 6.89. The summed E-state index contributed by atoms with van der Waals surface area (Å²) in [5, 5.41) is 2.79. The smallest absolute Gasteiger partial charge is 0.328 e. The number of nitrogens with zero attached hydrogens (tertiary/aromatic N) is 1. The minimum absolute atomic E-state index is 0.0417. The zero-order valence-corrected chi connectivity index (χ0v) is 16.9. The van der Waals surface area contributed by atoms with Crippen molar-refractivity contribution in [2.45, 2.75) is 44.0 Å². The second kappa shape index (κ2) is 9.32. The molecule has 2 rings (SSSR count). The third kappa shape index (κ3) is 5.07. The average molecular weight is 397 g/mol. The number of sulfonamides is 1. The van der Waals surface area contributed by atoms with Crippen molar-refractivity contribution in [2.24, 2.45) is 11.8 Å². The topological polar surface area (TPSA) is 92.8 Å². The summed E-state index contributed by atoms with van der Waals surface area (Å²) in [4.78, 5) is 24.8. The van der Waals surface area contributed by atoms with Gasteiger partial charge in [-0.1, -0.05) is 38.5 Å². The molecule has 0 saturated carbocycles. The van der Waals surface area contributed by atoms with Gasteiger partial charge in [0.15, 0.2) is 0 Å². The number of ether oxygens (including phenoxy) is 1. The van der Waals surface area contributed by atoms with Crippen LogP contribution in [0.4, 0.5) is 0 Å². The number of rotatable bonds is 7. The Morgan fingerprint density at radius 3 is 2.33 bits per heavy atom. The van der Waals surface area contributed by atoms with Gasteiger partial charge in [0.2, 0.25) is 15.9 Å². The van der Waals surface area contributed by atoms with Gasteiger partial charge in [0.25, 0.3) is 0 Å². The molecule has 1 N–H and O–H groups in total. The third-order valence-corrected chi connectivity index (χ3v) is 7.08. The van der Waals surface area contributed by atoms with Crippen molar-refractivity contribution in [2.75, 3.05) is 20.2 Å². The number of benzene rings is 1. The summed E-state index contributed by atoms with van der Waals surface area (Å²) in [6.45, 7) is 4.39. The quantitative estimate of drug-likeness (QED) is 0.710. The Hall–Kier alpha value is -1.93. The maximum absolute atomic E-state index is 12.7. The summed E-state index contributed by atoms with van der Waals surface area (Å²) in [6, 6.07) is 7.61. The minimum atomic E-state index is -3.54. The van der Waals surface area contributed by atoms with Gasteiger partial charge in [-0.25, -0.2) is 13.2 Å². The molecule has 0 aliphatic carbocycles. The molecular weight excluding hydrogens is 368 g/mol. The van der Waals surface area contributed by atoms with E-state index in [1.165, 1.54) is 11.4 Å². The molecule has 0 aromatic heterocycles. The van der Waals surface area contributed by atoms with Gasteiger partial charge in [-0.3, -0.25) is 4.79 Å². The van der Waals surface area contributed by atoms with Crippen molar-refractivity contribution in [3.63, 3.8) is 0 Å². The van der Waals surface area contributed by atoms with Crippen LogP contribution in [-0.2, 0) is 24.3 Å². The van der Waals surface area contributed by atoms with Gasteiger partial charge in [-0.05, 0) is 30.9 Å². The van der Waals surface area contributed by atoms with E-state index in [4.69, 9.17) is 4.74 Å². The maximum atomic E-state index is 12.7. The van der Waals surface area contributed by atoms with Gasteiger partial charge in [0.1, 0.15) is 6.04 Å². The second-order valence-corrected chi connectivity index (χ2v) is 8.82. The summed E-state index contributed by atoms with van der Waals surface area (Å²) in [7, 11) is -2.24. The molecule has 8 heteroatoms. The molecular formula is C19H28N2O5S. The molecule has 1 aromatic carbocycles. The molecule has 7 nitrogen and oxygen atoms in total. The molecule has 1 amide bonds. The summed E-state index contributed by atoms with van der Waals surface area (Å²) in [5.41, 5.74) is 0. The highest BCUT2D eigenvalue weighted by Crippen LogP contribution is 2.24. The van der Waals surface area contributed by atoms with Crippen LogP contribution in [0, 0.1) is 11.8 Å². The Labute approximate surface area is 161 Å². The average Bonchev–Trinajstić information content (AvgIpc) is 2.71. The predicted octanol–water partition coefficient (Wildman–Crippen LogP) is 1.79. The Kier molecular flexibility index (Phi) is 7.38. The molecule has 1 fully saturated rings. The van der Waals surface area contributed by atoms with E-state index in [9.17, 15) is 18.0 Å². The largest absolute Gasteiger partial charge is 0.467 e. The van der Waals surface area contributed by atoms with Crippen LogP contribution >= 0.6 is 0 Å². The molecule has 1 aliphatic rings. The zero-order chi connectivity index (χ0) is 20.0. The lowest BCUT2D eigenvalue weighted by Crippen LogP contribution is -2.50. The fourth-order valence-corrected chi connectivity index (χ4v) is 4.66. The van der Waals surface area contributed by atoms with E-state index >= 15 is 0 Å². The first-order valence-electron chi connectivity index (χ1n) is 9.24. The summed E-state index contributed by atoms with van der Waals surface area (Å²) in [6.07, 6.45) is 1.58. The number of hydrogen-bond acceptors (Lipinski definition) is 5. The van der Waals surface area contributed by atoms with Gasteiger partial charge >= 0.3 is 5.97 Å². The minimum Gasteiger partial charge on any atom is -0.467 e. The summed E-state index contributed by atoms with van der Waals surface area (Å²) >= 11 is 0. The highest BCUT2D eigenvalue weighted by atomic mass is 32.2. The lowest BCUT2D eigenvalue weighted by atomic mass is 9.94. The number of methoxy groups -OCH3 is 1. The highest BCUT2D eigenvalue weighted by molar-refractivity contribution is 7.89. The Morgan fingerprint density at radius 1 is 1.22 bits per heavy atom. The normalized spacial score (nSPS) is 18.5. The number of nitrogens with one attached hydrogen (secondary N) is 1. The van der Waals surface area contributed by atoms with Gasteiger partial charge in [0, 0.05) is 19.0 Å². The molecule has 2 atom stereocenters. The highest BCUT2D eigenvalue weighted by Gasteiger charge is 2.34. The number of carbonyl (C=O) groups is 2. The van der Waals surface area contributed by atoms with Crippen LogP contribution in [0.3, 0.4) is 0 Å². The van der Waals surface area contributed by atoms with Gasteiger partial charge in [0.05, 0.1) is 12.0 Å². The molecule has 0 spiro atoms. The molecule has 0 radical (unpaired) electrons. The van der Waals surface area contributed by atoms with Crippen LogP contribution in [0.5, 0.6) is 0 Å². The number of piperidine rings is 1. The van der Waals surface area contributed by atoms with Crippen molar-refractivity contribution in [1.29, 1.82) is 0 Å². The molecule has 1 aliphatic heterocycles. The van der Waals surface area contributed by atoms with Crippen molar-refractivity contribution < 1.29 is 22.7 Å². The number of esters is 1. The number of hydrogen-bond donors (Lipinski definition) is 1. The van der Waals surface area contributed by atoms with E-state index in [0.717, 1.165) is 6.42 Å². The van der Waals surface area contributed by atoms with Crippen molar-refractivity contribution in [1.82, 2.24) is 9.62 Å². The molecule has 1 heterocycles. The fourth-order valence-electron chi connectivity index (χ4n) is 3.17. The lowest BCUT2D eigenvalue weighted by Gasteiger charge is -2.32. The molecule has 0 bridgehead atoms. The van der Waals surface area contributed by atoms with Crippen LogP contribution < -0.4 is 5.32 Å². The number of carbonyl (C=O) groups excluding carboxylic acids is 2. The summed E-state index contributed by atoms with van der Waals surface area (Å²) in [5.74, 6) is -1.03. The SMILES string of the molecule is CC[C@H](C)[C@@H](NC(=O)C1CCN(S(=O)(=O)c2ccccc2)CC1)C(=O)OC. The Balaban J connectivity index is 1.98. The van der Waals surface area contributed by atoms with Crippen molar-refractivity contribution in [3.8, 4) is 0 Å². The van der Waals surface area contributed by atoms with Crippen LogP contribution in [0.25, 0.3) is 0 Å². The van der Waals surface area contributed by atoms with Crippen LogP contribution in [0.15, 0.2) is 35.2 Å². The first kappa shape index (κ1) is 21.4. The van der Waals surface area contributed by atoms with Gasteiger partial charge < -0.3 is 10.1 Å². The first-order chi connectivity index (χ1) is 12.8. The number of amides is 1. The van der Waals surface area contributed by atoms with Gasteiger partial charge in [-0.2, -0.15) is 4.31 Å². The lowest BCUT2D eigenvalue weighted by molar-refractivity contribution is -0.147. The monoisotopic (exact) mass is 396 g/mol. The Bertz CT molecular complexity index is 743. The molecule has 0 unspecified atom stereocenters. The van der Waals surface area contributed by atoms with E-state index in [1.807, 2.05) is 13.8 Å². The third-order valence-electron chi connectivity index (χ3n) is 5.17.